The van der Waals surface area contributed by atoms with Crippen LogP contribution in [0.2, 0.25) is 5.02 Å². The smallest absolute Gasteiger partial charge is 0.273 e. The molecule has 1 aromatic carbocycles. The zero-order chi connectivity index (χ0) is 19.2. The van der Waals surface area contributed by atoms with Crippen molar-refractivity contribution in [2.24, 2.45) is 0 Å². The number of carbonyl (C=O) groups is 1. The van der Waals surface area contributed by atoms with Gasteiger partial charge in [-0.25, -0.2) is 0 Å². The Balaban J connectivity index is 1.46. The molecular weight excluding hydrogens is 368 g/mol. The van der Waals surface area contributed by atoms with E-state index in [1.807, 2.05) is 42.9 Å². The molecule has 0 bridgehead atoms. The summed E-state index contributed by atoms with van der Waals surface area (Å²) < 4.78 is 12.7. The standard InChI is InChI=1S/C19H21ClN4O3/c1-13-9-15(10-14(2)18(13)20)26-12-16-11-17(23-27-16)19(25)21-5-3-7-24-8-4-6-22-24/h4,6,8-11H,3,5,7,12H2,1-2H3,(H,21,25). The van der Waals surface area contributed by atoms with E-state index < -0.39 is 0 Å². The fourth-order valence-electron chi connectivity index (χ4n) is 2.60. The van der Waals surface area contributed by atoms with Crippen LogP contribution in [0, 0.1) is 13.8 Å². The number of aryl methyl sites for hydroxylation is 3. The molecule has 27 heavy (non-hydrogen) atoms. The monoisotopic (exact) mass is 388 g/mol. The van der Waals surface area contributed by atoms with Crippen molar-refractivity contribution in [2.45, 2.75) is 33.4 Å². The van der Waals surface area contributed by atoms with Crippen molar-refractivity contribution in [3.8, 4) is 5.75 Å². The summed E-state index contributed by atoms with van der Waals surface area (Å²) in [5.41, 5.74) is 2.12. The normalized spacial score (nSPS) is 10.8. The van der Waals surface area contributed by atoms with E-state index in [9.17, 15) is 4.79 Å². The third kappa shape index (κ3) is 5.10. The number of nitrogens with one attached hydrogen (secondary N) is 1. The van der Waals surface area contributed by atoms with E-state index in [0.29, 0.717) is 18.1 Å². The topological polar surface area (TPSA) is 82.2 Å². The Hall–Kier alpha value is -2.80. The summed E-state index contributed by atoms with van der Waals surface area (Å²) in [6.45, 7) is 5.29. The van der Waals surface area contributed by atoms with Crippen LogP contribution in [0.4, 0.5) is 0 Å². The molecule has 0 saturated heterocycles. The van der Waals surface area contributed by atoms with Gasteiger partial charge in [0.2, 0.25) is 0 Å². The Labute approximate surface area is 162 Å². The molecule has 0 unspecified atom stereocenters. The zero-order valence-corrected chi connectivity index (χ0v) is 16.0. The number of aromatic nitrogens is 3. The number of hydrogen-bond acceptors (Lipinski definition) is 5. The Kier molecular flexibility index (Phi) is 6.13. The molecule has 142 valence electrons. The second kappa shape index (κ2) is 8.73. The van der Waals surface area contributed by atoms with Gasteiger partial charge in [-0.1, -0.05) is 16.8 Å². The number of nitrogens with zero attached hydrogens (tertiary/aromatic N) is 3. The molecule has 3 aromatic rings. The predicted molar refractivity (Wildman–Crippen MR) is 101 cm³/mol. The lowest BCUT2D eigenvalue weighted by molar-refractivity contribution is 0.0943. The maximum Gasteiger partial charge on any atom is 0.273 e. The summed E-state index contributed by atoms with van der Waals surface area (Å²) in [5.74, 6) is 0.890. The van der Waals surface area contributed by atoms with Crippen molar-refractivity contribution in [1.82, 2.24) is 20.3 Å². The summed E-state index contributed by atoms with van der Waals surface area (Å²) in [4.78, 5) is 12.1. The summed E-state index contributed by atoms with van der Waals surface area (Å²) >= 11 is 6.15. The molecular formula is C19H21ClN4O3. The average molecular weight is 389 g/mol. The predicted octanol–water partition coefficient (Wildman–Crippen LogP) is 3.54. The van der Waals surface area contributed by atoms with Gasteiger partial charge in [0.15, 0.2) is 11.5 Å². The van der Waals surface area contributed by atoms with Crippen LogP contribution in [0.25, 0.3) is 0 Å². The lowest BCUT2D eigenvalue weighted by Gasteiger charge is -2.08. The molecule has 1 N–H and O–H groups in total. The summed E-state index contributed by atoms with van der Waals surface area (Å²) in [5, 5.41) is 11.5. The average Bonchev–Trinajstić information content (AvgIpc) is 3.33. The minimum Gasteiger partial charge on any atom is -0.486 e. The Bertz CT molecular complexity index is 883. The SMILES string of the molecule is Cc1cc(OCc2cc(C(=O)NCCCn3cccn3)no2)cc(C)c1Cl. The quantitative estimate of drug-likeness (QED) is 0.597. The largest absolute Gasteiger partial charge is 0.486 e. The highest BCUT2D eigenvalue weighted by atomic mass is 35.5. The van der Waals surface area contributed by atoms with E-state index in [2.05, 4.69) is 15.6 Å². The molecule has 0 radical (unpaired) electrons. The van der Waals surface area contributed by atoms with Crippen molar-refractivity contribution < 1.29 is 14.1 Å². The Morgan fingerprint density at radius 3 is 2.78 bits per heavy atom. The van der Waals surface area contributed by atoms with Gasteiger partial charge < -0.3 is 14.6 Å². The van der Waals surface area contributed by atoms with E-state index in [1.165, 1.54) is 0 Å². The van der Waals surface area contributed by atoms with Crippen molar-refractivity contribution in [1.29, 1.82) is 0 Å². The van der Waals surface area contributed by atoms with Crippen LogP contribution >= 0.6 is 11.6 Å². The second-order valence-electron chi connectivity index (χ2n) is 6.22. The van der Waals surface area contributed by atoms with E-state index in [1.54, 1.807) is 12.3 Å². The highest BCUT2D eigenvalue weighted by Gasteiger charge is 2.13. The lowest BCUT2D eigenvalue weighted by Crippen LogP contribution is -2.25. The van der Waals surface area contributed by atoms with E-state index in [-0.39, 0.29) is 18.2 Å². The third-order valence-corrected chi connectivity index (χ3v) is 4.59. The lowest BCUT2D eigenvalue weighted by atomic mass is 10.1. The molecule has 0 aliphatic carbocycles. The minimum atomic E-state index is -0.274. The number of halogens is 1. The van der Waals surface area contributed by atoms with E-state index >= 15 is 0 Å². The first-order chi connectivity index (χ1) is 13.0. The number of ether oxygens (including phenoxy) is 1. The fraction of sp³-hybridized carbons (Fsp3) is 0.316. The zero-order valence-electron chi connectivity index (χ0n) is 15.2. The second-order valence-corrected chi connectivity index (χ2v) is 6.59. The number of amides is 1. The first-order valence-corrected chi connectivity index (χ1v) is 9.01. The molecule has 0 spiro atoms. The summed E-state index contributed by atoms with van der Waals surface area (Å²) in [6, 6.07) is 7.17. The fourth-order valence-corrected chi connectivity index (χ4v) is 2.71. The third-order valence-electron chi connectivity index (χ3n) is 3.99. The Morgan fingerprint density at radius 1 is 1.30 bits per heavy atom. The highest BCUT2D eigenvalue weighted by molar-refractivity contribution is 6.32. The molecule has 2 aromatic heterocycles. The molecule has 2 heterocycles. The highest BCUT2D eigenvalue weighted by Crippen LogP contribution is 2.26. The number of benzene rings is 1. The van der Waals surface area contributed by atoms with Crippen molar-refractivity contribution in [3.63, 3.8) is 0 Å². The molecule has 1 amide bonds. The molecule has 0 aliphatic heterocycles. The first kappa shape index (κ1) is 19.0. The van der Waals surface area contributed by atoms with Crippen LogP contribution in [-0.2, 0) is 13.2 Å². The van der Waals surface area contributed by atoms with Gasteiger partial charge >= 0.3 is 0 Å². The summed E-state index contributed by atoms with van der Waals surface area (Å²) in [6.07, 6.45) is 4.39. The van der Waals surface area contributed by atoms with Gasteiger partial charge in [-0.3, -0.25) is 9.48 Å². The van der Waals surface area contributed by atoms with E-state index in [0.717, 1.165) is 29.1 Å². The minimum absolute atomic E-state index is 0.181. The first-order valence-electron chi connectivity index (χ1n) is 8.63. The van der Waals surface area contributed by atoms with Crippen molar-refractivity contribution >= 4 is 17.5 Å². The van der Waals surface area contributed by atoms with Gasteiger partial charge in [0.1, 0.15) is 12.4 Å². The van der Waals surface area contributed by atoms with Crippen molar-refractivity contribution in [3.05, 3.63) is 64.3 Å². The summed E-state index contributed by atoms with van der Waals surface area (Å²) in [7, 11) is 0. The van der Waals surface area contributed by atoms with Crippen LogP contribution in [-0.4, -0.2) is 27.4 Å². The van der Waals surface area contributed by atoms with Gasteiger partial charge in [0.05, 0.1) is 0 Å². The molecule has 0 fully saturated rings. The van der Waals surface area contributed by atoms with Crippen LogP contribution in [0.15, 0.2) is 41.2 Å². The Morgan fingerprint density at radius 2 is 2.07 bits per heavy atom. The molecule has 0 aliphatic rings. The maximum atomic E-state index is 12.1. The molecule has 3 rings (SSSR count). The van der Waals surface area contributed by atoms with Gasteiger partial charge in [0.25, 0.3) is 5.91 Å². The number of carbonyl (C=O) groups excluding carboxylic acids is 1. The van der Waals surface area contributed by atoms with Crippen LogP contribution < -0.4 is 10.1 Å². The maximum absolute atomic E-state index is 12.1. The van der Waals surface area contributed by atoms with Crippen LogP contribution in [0.5, 0.6) is 5.75 Å². The van der Waals surface area contributed by atoms with Crippen LogP contribution in [0.1, 0.15) is 33.8 Å². The van der Waals surface area contributed by atoms with Gasteiger partial charge in [-0.2, -0.15) is 5.10 Å². The molecule has 0 atom stereocenters. The van der Waals surface area contributed by atoms with Crippen molar-refractivity contribution in [2.75, 3.05) is 6.54 Å². The van der Waals surface area contributed by atoms with Gasteiger partial charge in [0, 0.05) is 36.6 Å². The number of hydrogen-bond donors (Lipinski definition) is 1. The number of rotatable bonds is 8. The molecule has 7 nitrogen and oxygen atoms in total. The van der Waals surface area contributed by atoms with Gasteiger partial charge in [-0.15, -0.1) is 0 Å². The van der Waals surface area contributed by atoms with Crippen LogP contribution in [0.3, 0.4) is 0 Å². The van der Waals surface area contributed by atoms with Gasteiger partial charge in [-0.05, 0) is 49.6 Å². The molecule has 0 saturated carbocycles. The van der Waals surface area contributed by atoms with E-state index in [4.69, 9.17) is 20.9 Å². The molecule has 8 heteroatoms.